The van der Waals surface area contributed by atoms with Crippen molar-refractivity contribution in [1.82, 2.24) is 10.2 Å². The fourth-order valence-electron chi connectivity index (χ4n) is 4.68. The maximum atomic E-state index is 13.3. The number of esters is 2. The topological polar surface area (TPSA) is 122 Å². The number of benzene rings is 2. The zero-order valence-electron chi connectivity index (χ0n) is 24.7. The molecule has 2 amide bonds. The van der Waals surface area contributed by atoms with Crippen LogP contribution >= 0.6 is 0 Å². The molecule has 42 heavy (non-hydrogen) atoms. The highest BCUT2D eigenvalue weighted by atomic mass is 16.6. The van der Waals surface area contributed by atoms with Gasteiger partial charge in [0.15, 0.2) is 0 Å². The number of carbonyl (C=O) groups excluding carboxylic acids is 4. The molecule has 0 saturated heterocycles. The lowest BCUT2D eigenvalue weighted by atomic mass is 9.96. The monoisotopic (exact) mass is 578 g/mol. The van der Waals surface area contributed by atoms with Gasteiger partial charge in [-0.3, -0.25) is 19.2 Å². The maximum absolute atomic E-state index is 13.3. The molecule has 2 aromatic rings. The van der Waals surface area contributed by atoms with Gasteiger partial charge in [0.1, 0.15) is 11.7 Å². The Bertz CT molecular complexity index is 1210. The van der Waals surface area contributed by atoms with Crippen molar-refractivity contribution >= 4 is 23.8 Å². The molecule has 3 rings (SSSR count). The van der Waals surface area contributed by atoms with Gasteiger partial charge in [-0.2, -0.15) is 0 Å². The Morgan fingerprint density at radius 1 is 0.952 bits per heavy atom. The summed E-state index contributed by atoms with van der Waals surface area (Å²) in [4.78, 5) is 54.1. The molecule has 9 heteroatoms. The molecule has 0 aromatic heterocycles. The fourth-order valence-corrected chi connectivity index (χ4v) is 4.68. The molecule has 0 unspecified atom stereocenters. The van der Waals surface area contributed by atoms with Crippen LogP contribution in [-0.4, -0.2) is 59.1 Å². The standard InChI is InChI=1S/C33H42N2O7/c1-33(2,3)42-30(38)21-27-17-11-10-16-26(20-29(37)35(18-19-36)23-24-12-6-4-7-13-24)31(39)34-22-28(41-32(27)40)25-14-8-5-9-15-25/h4-15,26-28,36H,16-23H2,1-3H3,(H,34,39)/b11-10-/t26-,27-,28-/m0/s1. The summed E-state index contributed by atoms with van der Waals surface area (Å²) in [6, 6.07) is 18.5. The average molecular weight is 579 g/mol. The molecule has 1 aliphatic heterocycles. The van der Waals surface area contributed by atoms with Gasteiger partial charge in [0, 0.05) is 19.5 Å². The van der Waals surface area contributed by atoms with E-state index in [0.29, 0.717) is 12.1 Å². The van der Waals surface area contributed by atoms with Crippen LogP contribution in [0.3, 0.4) is 0 Å². The Morgan fingerprint density at radius 2 is 1.57 bits per heavy atom. The Balaban J connectivity index is 1.81. The molecule has 2 N–H and O–H groups in total. The molecule has 0 fully saturated rings. The third-order valence-electron chi connectivity index (χ3n) is 6.80. The van der Waals surface area contributed by atoms with E-state index in [1.54, 1.807) is 50.0 Å². The Kier molecular flexibility index (Phi) is 12.3. The van der Waals surface area contributed by atoms with Crippen molar-refractivity contribution in [2.75, 3.05) is 19.7 Å². The normalized spacial score (nSPS) is 20.7. The van der Waals surface area contributed by atoms with Gasteiger partial charge in [-0.1, -0.05) is 72.8 Å². The fraction of sp³-hybridized carbons (Fsp3) is 0.455. The van der Waals surface area contributed by atoms with E-state index in [1.165, 1.54) is 0 Å². The number of cyclic esters (lactones) is 1. The summed E-state index contributed by atoms with van der Waals surface area (Å²) in [6.45, 7) is 5.58. The molecule has 9 nitrogen and oxygen atoms in total. The minimum atomic E-state index is -0.785. The molecule has 2 aromatic carbocycles. The van der Waals surface area contributed by atoms with Crippen LogP contribution in [0.25, 0.3) is 0 Å². The Morgan fingerprint density at radius 3 is 2.19 bits per heavy atom. The van der Waals surface area contributed by atoms with Gasteiger partial charge >= 0.3 is 11.9 Å². The van der Waals surface area contributed by atoms with Gasteiger partial charge in [-0.15, -0.1) is 0 Å². The Hall–Kier alpha value is -3.98. The van der Waals surface area contributed by atoms with E-state index < -0.39 is 35.5 Å². The van der Waals surface area contributed by atoms with Gasteiger partial charge in [0.05, 0.1) is 31.4 Å². The lowest BCUT2D eigenvalue weighted by Gasteiger charge is -2.26. The van der Waals surface area contributed by atoms with Gasteiger partial charge in [-0.05, 0) is 44.7 Å². The predicted octanol–water partition coefficient (Wildman–Crippen LogP) is 4.11. The number of aliphatic hydroxyl groups is 1. The third-order valence-corrected chi connectivity index (χ3v) is 6.80. The number of allylic oxidation sites excluding steroid dienone is 2. The smallest absolute Gasteiger partial charge is 0.310 e. The molecule has 0 saturated carbocycles. The van der Waals surface area contributed by atoms with E-state index in [0.717, 1.165) is 5.56 Å². The number of nitrogens with one attached hydrogen (secondary N) is 1. The van der Waals surface area contributed by atoms with E-state index in [-0.39, 0.29) is 57.2 Å². The molecule has 226 valence electrons. The quantitative estimate of drug-likeness (QED) is 0.339. The zero-order chi connectivity index (χ0) is 30.5. The average Bonchev–Trinajstić information content (AvgIpc) is 2.95. The van der Waals surface area contributed by atoms with Crippen LogP contribution in [0.4, 0.5) is 0 Å². The van der Waals surface area contributed by atoms with Crippen LogP contribution in [0.15, 0.2) is 72.8 Å². The Labute approximate surface area is 247 Å². The molecule has 0 aliphatic carbocycles. The highest BCUT2D eigenvalue weighted by Gasteiger charge is 2.30. The minimum absolute atomic E-state index is 0.00647. The number of hydrogen-bond acceptors (Lipinski definition) is 7. The second-order valence-electron chi connectivity index (χ2n) is 11.4. The van der Waals surface area contributed by atoms with E-state index in [4.69, 9.17) is 9.47 Å². The second-order valence-corrected chi connectivity index (χ2v) is 11.4. The molecule has 3 atom stereocenters. The first-order valence-corrected chi connectivity index (χ1v) is 14.4. The third kappa shape index (κ3) is 10.8. The van der Waals surface area contributed by atoms with Gasteiger partial charge in [0.25, 0.3) is 0 Å². The van der Waals surface area contributed by atoms with Crippen molar-refractivity contribution < 1.29 is 33.8 Å². The van der Waals surface area contributed by atoms with E-state index in [2.05, 4.69) is 5.32 Å². The van der Waals surface area contributed by atoms with Crippen molar-refractivity contribution in [3.05, 3.63) is 83.9 Å². The summed E-state index contributed by atoms with van der Waals surface area (Å²) >= 11 is 0. The first-order chi connectivity index (χ1) is 20.1. The molecular weight excluding hydrogens is 536 g/mol. The molecule has 1 heterocycles. The first kappa shape index (κ1) is 32.5. The minimum Gasteiger partial charge on any atom is -0.460 e. The largest absolute Gasteiger partial charge is 0.460 e. The maximum Gasteiger partial charge on any atom is 0.310 e. The van der Waals surface area contributed by atoms with Crippen molar-refractivity contribution in [2.24, 2.45) is 11.8 Å². The van der Waals surface area contributed by atoms with Crippen LogP contribution in [0.5, 0.6) is 0 Å². The van der Waals surface area contributed by atoms with Crippen LogP contribution in [0, 0.1) is 11.8 Å². The van der Waals surface area contributed by atoms with Gasteiger partial charge in [0.2, 0.25) is 11.8 Å². The molecule has 0 radical (unpaired) electrons. The number of rotatable bonds is 9. The summed E-state index contributed by atoms with van der Waals surface area (Å²) in [5.74, 6) is -3.09. The number of ether oxygens (including phenoxy) is 2. The molecule has 0 bridgehead atoms. The SMILES string of the molecule is CC(C)(C)OC(=O)C[C@@H]1C/C=C\C[C@@H](CC(=O)N(CCO)Cc2ccccc2)C(=O)NC[C@@H](c2ccccc2)OC1=O. The second kappa shape index (κ2) is 15.9. The molecular formula is C33H42N2O7. The summed E-state index contributed by atoms with van der Waals surface area (Å²) in [7, 11) is 0. The van der Waals surface area contributed by atoms with Crippen LogP contribution in [0.1, 0.15) is 63.7 Å². The zero-order valence-corrected chi connectivity index (χ0v) is 24.7. The van der Waals surface area contributed by atoms with Gasteiger partial charge < -0.3 is 24.8 Å². The van der Waals surface area contributed by atoms with Crippen molar-refractivity contribution in [1.29, 1.82) is 0 Å². The summed E-state index contributed by atoms with van der Waals surface area (Å²) in [5, 5.41) is 12.5. The van der Waals surface area contributed by atoms with Crippen LogP contribution in [-0.2, 0) is 35.2 Å². The highest BCUT2D eigenvalue weighted by molar-refractivity contribution is 5.86. The molecule has 1 aliphatic rings. The summed E-state index contributed by atoms with van der Waals surface area (Å²) in [6.07, 6.45) is 3.00. The predicted molar refractivity (Wildman–Crippen MR) is 158 cm³/mol. The van der Waals surface area contributed by atoms with E-state index in [9.17, 15) is 24.3 Å². The summed E-state index contributed by atoms with van der Waals surface area (Å²) < 4.78 is 11.3. The van der Waals surface area contributed by atoms with Crippen LogP contribution in [0.2, 0.25) is 0 Å². The van der Waals surface area contributed by atoms with E-state index in [1.807, 2.05) is 48.5 Å². The first-order valence-electron chi connectivity index (χ1n) is 14.4. The highest BCUT2D eigenvalue weighted by Crippen LogP contribution is 2.24. The summed E-state index contributed by atoms with van der Waals surface area (Å²) in [5.41, 5.74) is 0.925. The van der Waals surface area contributed by atoms with Crippen molar-refractivity contribution in [3.8, 4) is 0 Å². The van der Waals surface area contributed by atoms with Gasteiger partial charge in [-0.25, -0.2) is 0 Å². The number of hydrogen-bond donors (Lipinski definition) is 2. The van der Waals surface area contributed by atoms with Crippen molar-refractivity contribution in [3.63, 3.8) is 0 Å². The number of aliphatic hydroxyl groups excluding tert-OH is 1. The van der Waals surface area contributed by atoms with Crippen molar-refractivity contribution in [2.45, 2.75) is 64.7 Å². The lowest BCUT2D eigenvalue weighted by molar-refractivity contribution is -0.164. The van der Waals surface area contributed by atoms with E-state index >= 15 is 0 Å². The molecule has 0 spiro atoms. The number of nitrogens with zero attached hydrogens (tertiary/aromatic N) is 1. The van der Waals surface area contributed by atoms with Crippen LogP contribution < -0.4 is 5.32 Å². The number of carbonyl (C=O) groups is 4. The lowest BCUT2D eigenvalue weighted by Crippen LogP contribution is -2.40. The number of amides is 2.